The quantitative estimate of drug-likeness (QED) is 0.648. The minimum Gasteiger partial charge on any atom is -0.478 e. The molecule has 0 aliphatic rings. The SMILES string of the molecule is CC(C)(C)CC(C)(C)OOc1ccccc1C(=O)O. The first-order chi connectivity index (χ1) is 8.61. The van der Waals surface area contributed by atoms with E-state index in [2.05, 4.69) is 20.8 Å². The molecule has 1 rings (SSSR count). The van der Waals surface area contributed by atoms with Crippen LogP contribution in [-0.2, 0) is 4.89 Å². The van der Waals surface area contributed by atoms with Crippen molar-refractivity contribution in [3.05, 3.63) is 29.8 Å². The predicted molar refractivity (Wildman–Crippen MR) is 73.3 cm³/mol. The van der Waals surface area contributed by atoms with Gasteiger partial charge in [0.05, 0.1) is 0 Å². The lowest BCUT2D eigenvalue weighted by molar-refractivity contribution is -0.287. The Morgan fingerprint density at radius 2 is 1.74 bits per heavy atom. The minimum atomic E-state index is -1.03. The predicted octanol–water partition coefficient (Wildman–Crippen LogP) is 3.91. The first-order valence-electron chi connectivity index (χ1n) is 6.29. The summed E-state index contributed by atoms with van der Waals surface area (Å²) in [5.41, 5.74) is -0.308. The average molecular weight is 266 g/mol. The van der Waals surface area contributed by atoms with Gasteiger partial charge in [-0.25, -0.2) is 4.79 Å². The van der Waals surface area contributed by atoms with Gasteiger partial charge in [-0.05, 0) is 37.8 Å². The summed E-state index contributed by atoms with van der Waals surface area (Å²) in [5.74, 6) is -0.815. The first kappa shape index (κ1) is 15.5. The van der Waals surface area contributed by atoms with Crippen LogP contribution in [-0.4, -0.2) is 16.7 Å². The molecule has 1 aromatic carbocycles. The van der Waals surface area contributed by atoms with Crippen LogP contribution < -0.4 is 4.89 Å². The molecule has 0 aliphatic heterocycles. The first-order valence-corrected chi connectivity index (χ1v) is 6.29. The van der Waals surface area contributed by atoms with E-state index >= 15 is 0 Å². The Hall–Kier alpha value is -1.55. The van der Waals surface area contributed by atoms with Crippen LogP contribution in [0.4, 0.5) is 0 Å². The average Bonchev–Trinajstić information content (AvgIpc) is 2.23. The maximum atomic E-state index is 11.0. The zero-order valence-electron chi connectivity index (χ0n) is 12.2. The van der Waals surface area contributed by atoms with Crippen LogP contribution in [0.5, 0.6) is 5.75 Å². The molecule has 0 aromatic heterocycles. The van der Waals surface area contributed by atoms with Gasteiger partial charge in [-0.3, -0.25) is 0 Å². The number of hydrogen-bond donors (Lipinski definition) is 1. The van der Waals surface area contributed by atoms with Crippen LogP contribution in [0.3, 0.4) is 0 Å². The third kappa shape index (κ3) is 5.30. The van der Waals surface area contributed by atoms with E-state index in [0.717, 1.165) is 6.42 Å². The van der Waals surface area contributed by atoms with Crippen molar-refractivity contribution in [1.82, 2.24) is 0 Å². The molecule has 19 heavy (non-hydrogen) atoms. The van der Waals surface area contributed by atoms with Gasteiger partial charge in [0.2, 0.25) is 0 Å². The van der Waals surface area contributed by atoms with Gasteiger partial charge >= 0.3 is 5.97 Å². The Labute approximate surface area is 114 Å². The molecule has 0 amide bonds. The second-order valence-electron chi connectivity index (χ2n) is 6.47. The Balaban J connectivity index is 2.74. The number of hydrogen-bond acceptors (Lipinski definition) is 3. The summed E-state index contributed by atoms with van der Waals surface area (Å²) in [6.45, 7) is 10.2. The molecule has 4 heteroatoms. The minimum absolute atomic E-state index is 0.0917. The van der Waals surface area contributed by atoms with E-state index in [4.69, 9.17) is 14.9 Å². The number of carboxylic acid groups (broad SMARTS) is 1. The lowest BCUT2D eigenvalue weighted by atomic mass is 9.84. The van der Waals surface area contributed by atoms with E-state index < -0.39 is 11.6 Å². The van der Waals surface area contributed by atoms with E-state index in [1.165, 1.54) is 6.07 Å². The maximum Gasteiger partial charge on any atom is 0.339 e. The maximum absolute atomic E-state index is 11.0. The molecule has 0 bridgehead atoms. The van der Waals surface area contributed by atoms with E-state index in [1.807, 2.05) is 13.8 Å². The van der Waals surface area contributed by atoms with Gasteiger partial charge in [0.25, 0.3) is 0 Å². The smallest absolute Gasteiger partial charge is 0.339 e. The van der Waals surface area contributed by atoms with E-state index in [0.29, 0.717) is 0 Å². The Morgan fingerprint density at radius 1 is 1.16 bits per heavy atom. The summed E-state index contributed by atoms with van der Waals surface area (Å²) in [6.07, 6.45) is 0.787. The molecule has 0 unspecified atom stereocenters. The van der Waals surface area contributed by atoms with Crippen LogP contribution in [0.1, 0.15) is 51.4 Å². The highest BCUT2D eigenvalue weighted by atomic mass is 17.2. The lowest BCUT2D eigenvalue weighted by Crippen LogP contribution is -2.31. The molecule has 0 heterocycles. The normalized spacial score (nSPS) is 12.3. The highest BCUT2D eigenvalue weighted by Gasteiger charge is 2.28. The van der Waals surface area contributed by atoms with Gasteiger partial charge in [0.1, 0.15) is 11.2 Å². The molecule has 0 saturated heterocycles. The molecule has 0 fully saturated rings. The summed E-state index contributed by atoms with van der Waals surface area (Å²) >= 11 is 0. The highest BCUT2D eigenvalue weighted by Crippen LogP contribution is 2.30. The molecule has 1 N–H and O–H groups in total. The van der Waals surface area contributed by atoms with Crippen molar-refractivity contribution in [1.29, 1.82) is 0 Å². The zero-order chi connectivity index (χ0) is 14.7. The second-order valence-corrected chi connectivity index (χ2v) is 6.47. The van der Waals surface area contributed by atoms with Crippen molar-refractivity contribution >= 4 is 5.97 Å². The fraction of sp³-hybridized carbons (Fsp3) is 0.533. The monoisotopic (exact) mass is 266 g/mol. The van der Waals surface area contributed by atoms with Crippen molar-refractivity contribution in [3.63, 3.8) is 0 Å². The van der Waals surface area contributed by atoms with Gasteiger partial charge in [0, 0.05) is 0 Å². The standard InChI is InChI=1S/C15H22O4/c1-14(2,3)10-15(4,5)19-18-12-9-7-6-8-11(12)13(16)17/h6-9H,10H2,1-5H3,(H,16,17). The molecule has 1 aromatic rings. The zero-order valence-corrected chi connectivity index (χ0v) is 12.2. The number of carboxylic acids is 1. The van der Waals surface area contributed by atoms with Gasteiger partial charge in [-0.15, -0.1) is 0 Å². The van der Waals surface area contributed by atoms with Crippen LogP contribution >= 0.6 is 0 Å². The third-order valence-electron chi connectivity index (χ3n) is 2.43. The Morgan fingerprint density at radius 3 is 2.26 bits per heavy atom. The third-order valence-corrected chi connectivity index (χ3v) is 2.43. The second kappa shape index (κ2) is 5.61. The fourth-order valence-corrected chi connectivity index (χ4v) is 2.18. The van der Waals surface area contributed by atoms with Gasteiger partial charge < -0.3 is 9.99 Å². The molecular weight excluding hydrogens is 244 g/mol. The molecular formula is C15H22O4. The molecule has 0 radical (unpaired) electrons. The lowest BCUT2D eigenvalue weighted by Gasteiger charge is -2.30. The number of rotatable bonds is 5. The van der Waals surface area contributed by atoms with Crippen molar-refractivity contribution in [2.45, 2.75) is 46.6 Å². The summed E-state index contributed by atoms with van der Waals surface area (Å²) in [7, 11) is 0. The van der Waals surface area contributed by atoms with Crippen LogP contribution in [0, 0.1) is 5.41 Å². The Bertz CT molecular complexity index is 444. The number of para-hydroxylation sites is 1. The van der Waals surface area contributed by atoms with Gasteiger partial charge in [-0.2, -0.15) is 4.89 Å². The van der Waals surface area contributed by atoms with Gasteiger partial charge in [0.15, 0.2) is 5.75 Å². The largest absolute Gasteiger partial charge is 0.478 e. The molecule has 4 nitrogen and oxygen atoms in total. The van der Waals surface area contributed by atoms with Gasteiger partial charge in [-0.1, -0.05) is 32.9 Å². The molecule has 0 atom stereocenters. The molecule has 0 spiro atoms. The highest BCUT2D eigenvalue weighted by molar-refractivity contribution is 5.90. The number of aromatic carboxylic acids is 1. The van der Waals surface area contributed by atoms with E-state index in [1.54, 1.807) is 18.2 Å². The summed E-state index contributed by atoms with van der Waals surface area (Å²) in [5, 5.41) is 9.05. The number of carbonyl (C=O) groups is 1. The van der Waals surface area contributed by atoms with Crippen LogP contribution in [0.15, 0.2) is 24.3 Å². The summed E-state index contributed by atoms with van der Waals surface area (Å²) in [4.78, 5) is 21.7. The fourth-order valence-electron chi connectivity index (χ4n) is 2.18. The van der Waals surface area contributed by atoms with Crippen molar-refractivity contribution < 1.29 is 19.7 Å². The van der Waals surface area contributed by atoms with Crippen molar-refractivity contribution in [2.75, 3.05) is 0 Å². The molecule has 0 aliphatic carbocycles. The summed E-state index contributed by atoms with van der Waals surface area (Å²) in [6, 6.07) is 6.42. The van der Waals surface area contributed by atoms with E-state index in [-0.39, 0.29) is 16.7 Å². The van der Waals surface area contributed by atoms with E-state index in [9.17, 15) is 4.79 Å². The molecule has 0 saturated carbocycles. The van der Waals surface area contributed by atoms with Crippen molar-refractivity contribution in [3.8, 4) is 5.75 Å². The topological polar surface area (TPSA) is 55.8 Å². The van der Waals surface area contributed by atoms with Crippen LogP contribution in [0.2, 0.25) is 0 Å². The molecule has 106 valence electrons. The Kier molecular flexibility index (Phi) is 4.58. The summed E-state index contributed by atoms with van der Waals surface area (Å²) < 4.78 is 0. The number of benzene rings is 1. The van der Waals surface area contributed by atoms with Crippen molar-refractivity contribution in [2.24, 2.45) is 5.41 Å². The van der Waals surface area contributed by atoms with Crippen LogP contribution in [0.25, 0.3) is 0 Å².